The molecule has 0 saturated carbocycles. The molecule has 0 fully saturated rings. The number of hydrogen-bond acceptors (Lipinski definition) is 1. The summed E-state index contributed by atoms with van der Waals surface area (Å²) in [5.74, 6) is -0.292. The molecular weight excluding hydrogens is 193 g/mol. The normalized spacial score (nSPS) is 10.7. The molecule has 1 nitrogen and oxygen atoms in total. The average Bonchev–Trinajstić information content (AvgIpc) is 2.10. The van der Waals surface area contributed by atoms with Crippen molar-refractivity contribution in [3.8, 4) is 5.75 Å². The molecule has 0 aliphatic rings. The molecule has 1 aromatic carbocycles. The van der Waals surface area contributed by atoms with Gasteiger partial charge in [-0.1, -0.05) is 0 Å². The van der Waals surface area contributed by atoms with E-state index in [4.69, 9.17) is 4.74 Å². The van der Waals surface area contributed by atoms with Crippen molar-refractivity contribution in [1.82, 2.24) is 0 Å². The zero-order chi connectivity index (χ0) is 10.7. The number of aryl methyl sites for hydroxylation is 1. The predicted octanol–water partition coefficient (Wildman–Crippen LogP) is 3.09. The van der Waals surface area contributed by atoms with Gasteiger partial charge in [0.1, 0.15) is 18.2 Å². The van der Waals surface area contributed by atoms with Crippen molar-refractivity contribution in [2.24, 2.45) is 0 Å². The van der Waals surface area contributed by atoms with Gasteiger partial charge in [-0.3, -0.25) is 0 Å². The molecule has 0 atom stereocenters. The molecule has 1 aromatic rings. The van der Waals surface area contributed by atoms with Crippen molar-refractivity contribution in [3.05, 3.63) is 29.1 Å². The summed E-state index contributed by atoms with van der Waals surface area (Å²) in [6.07, 6.45) is -2.54. The van der Waals surface area contributed by atoms with Crippen LogP contribution in [-0.2, 0) is 0 Å². The minimum atomic E-state index is -2.54. The van der Waals surface area contributed by atoms with E-state index in [-0.39, 0.29) is 5.75 Å². The summed E-state index contributed by atoms with van der Waals surface area (Å²) in [4.78, 5) is 0. The Bertz CT molecular complexity index is 300. The average molecular weight is 204 g/mol. The SMILES string of the molecule is Cc1cc(OCC(F)F)cc(F)c1C. The second kappa shape index (κ2) is 4.35. The van der Waals surface area contributed by atoms with Crippen LogP contribution in [0.5, 0.6) is 5.75 Å². The Labute approximate surface area is 80.5 Å². The maximum Gasteiger partial charge on any atom is 0.272 e. The minimum absolute atomic E-state index is 0.144. The number of ether oxygens (including phenoxy) is 1. The van der Waals surface area contributed by atoms with Crippen LogP contribution >= 0.6 is 0 Å². The van der Waals surface area contributed by atoms with E-state index in [0.717, 1.165) is 6.07 Å². The fraction of sp³-hybridized carbons (Fsp3) is 0.400. The standard InChI is InChI=1S/C10H11F3O/c1-6-3-8(14-5-10(12)13)4-9(11)7(6)2/h3-4,10H,5H2,1-2H3. The molecular formula is C10H11F3O. The van der Waals surface area contributed by atoms with Crippen molar-refractivity contribution >= 4 is 0 Å². The Hall–Kier alpha value is -1.19. The smallest absolute Gasteiger partial charge is 0.272 e. The number of halogens is 3. The lowest BCUT2D eigenvalue weighted by Crippen LogP contribution is -2.07. The Morgan fingerprint density at radius 1 is 1.29 bits per heavy atom. The lowest BCUT2D eigenvalue weighted by molar-refractivity contribution is 0.0817. The summed E-state index contributed by atoms with van der Waals surface area (Å²) in [5.41, 5.74) is 1.20. The van der Waals surface area contributed by atoms with Crippen LogP contribution in [0.2, 0.25) is 0 Å². The highest BCUT2D eigenvalue weighted by molar-refractivity contribution is 5.35. The van der Waals surface area contributed by atoms with E-state index < -0.39 is 18.8 Å². The predicted molar refractivity (Wildman–Crippen MR) is 47.4 cm³/mol. The molecule has 0 unspecified atom stereocenters. The van der Waals surface area contributed by atoms with Crippen molar-refractivity contribution in [2.75, 3.05) is 6.61 Å². The highest BCUT2D eigenvalue weighted by Gasteiger charge is 2.07. The third kappa shape index (κ3) is 2.65. The van der Waals surface area contributed by atoms with Crippen LogP contribution in [0.4, 0.5) is 13.2 Å². The molecule has 0 spiro atoms. The molecule has 4 heteroatoms. The zero-order valence-corrected chi connectivity index (χ0v) is 7.98. The van der Waals surface area contributed by atoms with E-state index in [9.17, 15) is 13.2 Å². The van der Waals surface area contributed by atoms with Gasteiger partial charge in [-0.05, 0) is 31.0 Å². The van der Waals surface area contributed by atoms with Gasteiger partial charge in [0.2, 0.25) is 0 Å². The summed E-state index contributed by atoms with van der Waals surface area (Å²) in [5, 5.41) is 0. The van der Waals surface area contributed by atoms with E-state index in [2.05, 4.69) is 0 Å². The van der Waals surface area contributed by atoms with Gasteiger partial charge in [-0.15, -0.1) is 0 Å². The van der Waals surface area contributed by atoms with Gasteiger partial charge in [-0.2, -0.15) is 0 Å². The molecule has 1 rings (SSSR count). The highest BCUT2D eigenvalue weighted by Crippen LogP contribution is 2.20. The second-order valence-electron chi connectivity index (χ2n) is 3.05. The van der Waals surface area contributed by atoms with Crippen molar-refractivity contribution in [2.45, 2.75) is 20.3 Å². The van der Waals surface area contributed by atoms with Crippen LogP contribution in [0, 0.1) is 19.7 Å². The van der Waals surface area contributed by atoms with E-state index in [1.54, 1.807) is 19.9 Å². The summed E-state index contributed by atoms with van der Waals surface area (Å²) >= 11 is 0. The molecule has 0 saturated heterocycles. The Kier molecular flexibility index (Phi) is 3.38. The van der Waals surface area contributed by atoms with Crippen molar-refractivity contribution < 1.29 is 17.9 Å². The van der Waals surface area contributed by atoms with Gasteiger partial charge in [-0.25, -0.2) is 13.2 Å². The first-order chi connectivity index (χ1) is 6.50. The molecule has 0 heterocycles. The van der Waals surface area contributed by atoms with Crippen LogP contribution in [0.3, 0.4) is 0 Å². The molecule has 0 aromatic heterocycles. The Morgan fingerprint density at radius 2 is 1.93 bits per heavy atom. The largest absolute Gasteiger partial charge is 0.488 e. The molecule has 0 aliphatic heterocycles. The van der Waals surface area contributed by atoms with Gasteiger partial charge in [0, 0.05) is 6.07 Å². The monoisotopic (exact) mass is 204 g/mol. The third-order valence-electron chi connectivity index (χ3n) is 1.95. The molecule has 0 aliphatic carbocycles. The lowest BCUT2D eigenvalue weighted by atomic mass is 10.1. The Morgan fingerprint density at radius 3 is 2.43 bits per heavy atom. The lowest BCUT2D eigenvalue weighted by Gasteiger charge is -2.08. The van der Waals surface area contributed by atoms with E-state index >= 15 is 0 Å². The maximum atomic E-state index is 13.1. The highest BCUT2D eigenvalue weighted by atomic mass is 19.3. The molecule has 0 radical (unpaired) electrons. The maximum absolute atomic E-state index is 13.1. The van der Waals surface area contributed by atoms with Crippen LogP contribution in [-0.4, -0.2) is 13.0 Å². The fourth-order valence-electron chi connectivity index (χ4n) is 1.03. The first kappa shape index (κ1) is 10.9. The molecule has 78 valence electrons. The van der Waals surface area contributed by atoms with Crippen LogP contribution in [0.25, 0.3) is 0 Å². The summed E-state index contributed by atoms with van der Waals surface area (Å²) < 4.78 is 41.4. The third-order valence-corrected chi connectivity index (χ3v) is 1.95. The number of hydrogen-bond donors (Lipinski definition) is 0. The van der Waals surface area contributed by atoms with E-state index in [0.29, 0.717) is 11.1 Å². The summed E-state index contributed by atoms with van der Waals surface area (Å²) in [6.45, 7) is 2.62. The Balaban J connectivity index is 2.79. The topological polar surface area (TPSA) is 9.23 Å². The molecule has 0 N–H and O–H groups in total. The van der Waals surface area contributed by atoms with Gasteiger partial charge >= 0.3 is 0 Å². The van der Waals surface area contributed by atoms with Gasteiger partial charge in [0.05, 0.1) is 0 Å². The second-order valence-corrected chi connectivity index (χ2v) is 3.05. The number of alkyl halides is 2. The first-order valence-electron chi connectivity index (χ1n) is 4.18. The van der Waals surface area contributed by atoms with Crippen LogP contribution in [0.1, 0.15) is 11.1 Å². The first-order valence-corrected chi connectivity index (χ1v) is 4.18. The quantitative estimate of drug-likeness (QED) is 0.735. The van der Waals surface area contributed by atoms with Gasteiger partial charge in [0.15, 0.2) is 0 Å². The molecule has 14 heavy (non-hydrogen) atoms. The van der Waals surface area contributed by atoms with Crippen molar-refractivity contribution in [1.29, 1.82) is 0 Å². The van der Waals surface area contributed by atoms with E-state index in [1.165, 1.54) is 0 Å². The summed E-state index contributed by atoms with van der Waals surface area (Å²) in [6, 6.07) is 2.66. The van der Waals surface area contributed by atoms with E-state index in [1.807, 2.05) is 0 Å². The summed E-state index contributed by atoms with van der Waals surface area (Å²) in [7, 11) is 0. The van der Waals surface area contributed by atoms with Crippen molar-refractivity contribution in [3.63, 3.8) is 0 Å². The molecule has 0 bridgehead atoms. The number of benzene rings is 1. The van der Waals surface area contributed by atoms with Crippen LogP contribution < -0.4 is 4.74 Å². The van der Waals surface area contributed by atoms with Gasteiger partial charge < -0.3 is 4.74 Å². The minimum Gasteiger partial charge on any atom is -0.488 e. The zero-order valence-electron chi connectivity index (χ0n) is 7.98. The molecule has 0 amide bonds. The van der Waals surface area contributed by atoms with Gasteiger partial charge in [0.25, 0.3) is 6.43 Å². The number of rotatable bonds is 3. The van der Waals surface area contributed by atoms with Crippen LogP contribution in [0.15, 0.2) is 12.1 Å². The fourth-order valence-corrected chi connectivity index (χ4v) is 1.03.